The Morgan fingerprint density at radius 3 is 2.68 bits per heavy atom. The van der Waals surface area contributed by atoms with Crippen molar-refractivity contribution in [2.45, 2.75) is 13.3 Å². The lowest BCUT2D eigenvalue weighted by molar-refractivity contribution is 0.102. The van der Waals surface area contributed by atoms with Gasteiger partial charge >= 0.3 is 6.01 Å². The van der Waals surface area contributed by atoms with Gasteiger partial charge in [0.25, 0.3) is 5.91 Å². The third-order valence-electron chi connectivity index (χ3n) is 2.67. The van der Waals surface area contributed by atoms with Crippen LogP contribution in [-0.2, 0) is 6.42 Å². The number of nitrogens with zero attached hydrogens (tertiary/aromatic N) is 2. The second kappa shape index (κ2) is 5.95. The predicted octanol–water partition coefficient (Wildman–Crippen LogP) is 2.30. The van der Waals surface area contributed by atoms with Gasteiger partial charge in [0.1, 0.15) is 0 Å². The molecule has 0 saturated carbocycles. The Balaban J connectivity index is 2.11. The highest BCUT2D eigenvalue weighted by Crippen LogP contribution is 2.12. The summed E-state index contributed by atoms with van der Waals surface area (Å²) in [6.07, 6.45) is 3.80. The molecule has 0 aliphatic heterocycles. The number of aromatic nitrogens is 2. The number of hydrogen-bond acceptors (Lipinski definition) is 4. The molecule has 2 aromatic rings. The Kier molecular flexibility index (Phi) is 4.07. The average molecular weight is 257 g/mol. The van der Waals surface area contributed by atoms with Gasteiger partial charge in [-0.3, -0.25) is 4.79 Å². The number of carbonyl (C=O) groups is 1. The zero-order valence-electron chi connectivity index (χ0n) is 10.9. The van der Waals surface area contributed by atoms with Crippen LogP contribution in [0.4, 0.5) is 5.69 Å². The molecule has 19 heavy (non-hydrogen) atoms. The number of ether oxygens (including phenoxy) is 1. The molecule has 0 atom stereocenters. The highest BCUT2D eigenvalue weighted by Gasteiger charge is 2.08. The Morgan fingerprint density at radius 2 is 2.05 bits per heavy atom. The maximum Gasteiger partial charge on any atom is 0.316 e. The Hall–Kier alpha value is -2.43. The van der Waals surface area contributed by atoms with Crippen molar-refractivity contribution >= 4 is 11.6 Å². The minimum absolute atomic E-state index is 0.240. The van der Waals surface area contributed by atoms with Gasteiger partial charge in [-0.25, -0.2) is 9.97 Å². The molecule has 0 aliphatic carbocycles. The molecule has 1 heterocycles. The number of methoxy groups -OCH3 is 1. The summed E-state index contributed by atoms with van der Waals surface area (Å²) in [6, 6.07) is 7.97. The summed E-state index contributed by atoms with van der Waals surface area (Å²) in [7, 11) is 1.48. The zero-order chi connectivity index (χ0) is 13.7. The van der Waals surface area contributed by atoms with Crippen LogP contribution < -0.4 is 10.1 Å². The Labute approximate surface area is 111 Å². The fourth-order valence-electron chi connectivity index (χ4n) is 1.61. The van der Waals surface area contributed by atoms with Gasteiger partial charge in [-0.05, 0) is 24.1 Å². The molecule has 0 unspecified atom stereocenters. The van der Waals surface area contributed by atoms with Crippen molar-refractivity contribution in [3.63, 3.8) is 0 Å². The van der Waals surface area contributed by atoms with Crippen molar-refractivity contribution < 1.29 is 9.53 Å². The largest absolute Gasteiger partial charge is 0.467 e. The van der Waals surface area contributed by atoms with Gasteiger partial charge in [0.15, 0.2) is 0 Å². The molecule has 0 radical (unpaired) electrons. The Morgan fingerprint density at radius 1 is 1.32 bits per heavy atom. The maximum absolute atomic E-state index is 12.0. The summed E-state index contributed by atoms with van der Waals surface area (Å²) in [4.78, 5) is 19.8. The van der Waals surface area contributed by atoms with E-state index in [1.54, 1.807) is 0 Å². The number of benzene rings is 1. The summed E-state index contributed by atoms with van der Waals surface area (Å²) in [6.45, 7) is 2.07. The molecular formula is C14H15N3O2. The van der Waals surface area contributed by atoms with E-state index < -0.39 is 0 Å². The molecule has 5 heteroatoms. The lowest BCUT2D eigenvalue weighted by atomic mass is 10.1. The molecule has 1 aromatic heterocycles. The third-order valence-corrected chi connectivity index (χ3v) is 2.67. The SMILES string of the molecule is CCc1cccc(NC(=O)c2cnc(OC)nc2)c1. The highest BCUT2D eigenvalue weighted by atomic mass is 16.5. The number of anilines is 1. The monoisotopic (exact) mass is 257 g/mol. The van der Waals surface area contributed by atoms with E-state index in [1.165, 1.54) is 25.1 Å². The standard InChI is InChI=1S/C14H15N3O2/c1-3-10-5-4-6-12(7-10)17-13(18)11-8-15-14(19-2)16-9-11/h4-9H,3H2,1-2H3,(H,17,18). The molecule has 0 aliphatic rings. The quantitative estimate of drug-likeness (QED) is 0.912. The van der Waals surface area contributed by atoms with Crippen LogP contribution in [0.1, 0.15) is 22.8 Å². The van der Waals surface area contributed by atoms with E-state index >= 15 is 0 Å². The summed E-state index contributed by atoms with van der Waals surface area (Å²) in [5.41, 5.74) is 2.33. The maximum atomic E-state index is 12.0. The molecule has 1 N–H and O–H groups in total. The number of aryl methyl sites for hydroxylation is 1. The fourth-order valence-corrected chi connectivity index (χ4v) is 1.61. The second-order valence-electron chi connectivity index (χ2n) is 3.97. The van der Waals surface area contributed by atoms with Crippen LogP contribution in [0.25, 0.3) is 0 Å². The van der Waals surface area contributed by atoms with Crippen LogP contribution in [0.5, 0.6) is 6.01 Å². The molecule has 0 saturated heterocycles. The van der Waals surface area contributed by atoms with Gasteiger partial charge in [-0.15, -0.1) is 0 Å². The molecule has 5 nitrogen and oxygen atoms in total. The van der Waals surface area contributed by atoms with Crippen molar-refractivity contribution in [2.24, 2.45) is 0 Å². The van der Waals surface area contributed by atoms with Gasteiger partial charge < -0.3 is 10.1 Å². The van der Waals surface area contributed by atoms with Crippen molar-refractivity contribution in [3.8, 4) is 6.01 Å². The smallest absolute Gasteiger partial charge is 0.316 e. The Bertz CT molecular complexity index is 567. The predicted molar refractivity (Wildman–Crippen MR) is 72.4 cm³/mol. The van der Waals surface area contributed by atoms with E-state index in [-0.39, 0.29) is 11.9 Å². The summed E-state index contributed by atoms with van der Waals surface area (Å²) in [5, 5.41) is 2.81. The van der Waals surface area contributed by atoms with E-state index in [1.807, 2.05) is 24.3 Å². The van der Waals surface area contributed by atoms with Crippen molar-refractivity contribution in [1.82, 2.24) is 9.97 Å². The third kappa shape index (κ3) is 3.28. The minimum atomic E-state index is -0.240. The molecule has 1 aromatic carbocycles. The number of nitrogens with one attached hydrogen (secondary N) is 1. The molecular weight excluding hydrogens is 242 g/mol. The van der Waals surface area contributed by atoms with Crippen molar-refractivity contribution in [2.75, 3.05) is 12.4 Å². The van der Waals surface area contributed by atoms with Crippen LogP contribution >= 0.6 is 0 Å². The molecule has 98 valence electrons. The number of rotatable bonds is 4. The average Bonchev–Trinajstić information content (AvgIpc) is 2.47. The van der Waals surface area contributed by atoms with E-state index in [9.17, 15) is 4.79 Å². The van der Waals surface area contributed by atoms with Crippen molar-refractivity contribution in [1.29, 1.82) is 0 Å². The van der Waals surface area contributed by atoms with Crippen LogP contribution in [0, 0.1) is 0 Å². The minimum Gasteiger partial charge on any atom is -0.467 e. The van der Waals surface area contributed by atoms with E-state index in [0.29, 0.717) is 5.56 Å². The van der Waals surface area contributed by atoms with Crippen LogP contribution in [0.15, 0.2) is 36.7 Å². The fraction of sp³-hybridized carbons (Fsp3) is 0.214. The molecule has 2 rings (SSSR count). The van der Waals surface area contributed by atoms with E-state index in [0.717, 1.165) is 12.1 Å². The van der Waals surface area contributed by atoms with Gasteiger partial charge in [-0.1, -0.05) is 19.1 Å². The summed E-state index contributed by atoms with van der Waals surface area (Å²) < 4.78 is 4.84. The number of hydrogen-bond donors (Lipinski definition) is 1. The first-order chi connectivity index (χ1) is 9.22. The second-order valence-corrected chi connectivity index (χ2v) is 3.97. The normalized spacial score (nSPS) is 10.0. The first-order valence-electron chi connectivity index (χ1n) is 5.99. The molecule has 1 amide bonds. The van der Waals surface area contributed by atoms with Crippen LogP contribution in [0.3, 0.4) is 0 Å². The number of carbonyl (C=O) groups excluding carboxylic acids is 1. The molecule has 0 bridgehead atoms. The first kappa shape index (κ1) is 13.0. The van der Waals surface area contributed by atoms with Gasteiger partial charge in [0.05, 0.1) is 12.7 Å². The van der Waals surface area contributed by atoms with Crippen LogP contribution in [-0.4, -0.2) is 23.0 Å². The van der Waals surface area contributed by atoms with Crippen LogP contribution in [0.2, 0.25) is 0 Å². The van der Waals surface area contributed by atoms with E-state index in [2.05, 4.69) is 22.2 Å². The lowest BCUT2D eigenvalue weighted by Gasteiger charge is -2.06. The van der Waals surface area contributed by atoms with Gasteiger partial charge in [0, 0.05) is 18.1 Å². The topological polar surface area (TPSA) is 64.1 Å². The summed E-state index contributed by atoms with van der Waals surface area (Å²) in [5.74, 6) is -0.240. The molecule has 0 spiro atoms. The highest BCUT2D eigenvalue weighted by molar-refractivity contribution is 6.03. The van der Waals surface area contributed by atoms with Gasteiger partial charge in [0.2, 0.25) is 0 Å². The number of amides is 1. The van der Waals surface area contributed by atoms with E-state index in [4.69, 9.17) is 4.74 Å². The van der Waals surface area contributed by atoms with Crippen molar-refractivity contribution in [3.05, 3.63) is 47.8 Å². The molecule has 0 fully saturated rings. The zero-order valence-corrected chi connectivity index (χ0v) is 10.9. The first-order valence-corrected chi connectivity index (χ1v) is 5.99. The lowest BCUT2D eigenvalue weighted by Crippen LogP contribution is -2.13. The van der Waals surface area contributed by atoms with Gasteiger partial charge in [-0.2, -0.15) is 0 Å². The summed E-state index contributed by atoms with van der Waals surface area (Å²) >= 11 is 0.